The first-order valence-corrected chi connectivity index (χ1v) is 9.02. The number of para-hydroxylation sites is 2. The van der Waals surface area contributed by atoms with E-state index in [2.05, 4.69) is 11.9 Å². The fourth-order valence-electron chi connectivity index (χ4n) is 2.82. The Hall–Kier alpha value is -2.08. The number of benzene rings is 1. The van der Waals surface area contributed by atoms with Crippen LogP contribution in [0.4, 0.5) is 0 Å². The molecular formula is C18H22N2O3S. The van der Waals surface area contributed by atoms with Gasteiger partial charge in [-0.2, -0.15) is 0 Å². The van der Waals surface area contributed by atoms with Crippen molar-refractivity contribution in [1.29, 1.82) is 0 Å². The molecule has 1 aromatic heterocycles. The van der Waals surface area contributed by atoms with E-state index in [1.165, 1.54) is 11.3 Å². The van der Waals surface area contributed by atoms with E-state index in [0.29, 0.717) is 19.7 Å². The van der Waals surface area contributed by atoms with Crippen molar-refractivity contribution in [3.63, 3.8) is 0 Å². The quantitative estimate of drug-likeness (QED) is 0.832. The molecule has 3 rings (SSSR count). The highest BCUT2D eigenvalue weighted by atomic mass is 32.1. The molecular weight excluding hydrogens is 324 g/mol. The van der Waals surface area contributed by atoms with Gasteiger partial charge in [-0.3, -0.25) is 4.79 Å². The van der Waals surface area contributed by atoms with Gasteiger partial charge in [0.25, 0.3) is 5.91 Å². The molecule has 0 bridgehead atoms. The lowest BCUT2D eigenvalue weighted by atomic mass is 10.2. The molecule has 0 saturated carbocycles. The van der Waals surface area contributed by atoms with Crippen LogP contribution in [0.2, 0.25) is 0 Å². The van der Waals surface area contributed by atoms with E-state index >= 15 is 0 Å². The van der Waals surface area contributed by atoms with Gasteiger partial charge in [0, 0.05) is 6.54 Å². The van der Waals surface area contributed by atoms with E-state index in [9.17, 15) is 4.79 Å². The number of carbonyl (C=O) groups is 1. The number of nitrogens with zero attached hydrogens (tertiary/aromatic N) is 2. The normalized spacial score (nSPS) is 16.0. The maximum Gasteiger partial charge on any atom is 0.265 e. The molecule has 0 aliphatic carbocycles. The number of amides is 1. The molecule has 5 nitrogen and oxygen atoms in total. The third-order valence-corrected chi connectivity index (χ3v) is 4.93. The third kappa shape index (κ3) is 3.53. The summed E-state index contributed by atoms with van der Waals surface area (Å²) < 4.78 is 11.8. The molecule has 1 aliphatic heterocycles. The van der Waals surface area contributed by atoms with Gasteiger partial charge in [-0.05, 0) is 32.4 Å². The zero-order valence-corrected chi connectivity index (χ0v) is 15.1. The predicted octanol–water partition coefficient (Wildman–Crippen LogP) is 3.45. The summed E-state index contributed by atoms with van der Waals surface area (Å²) >= 11 is 1.45. The number of carbonyl (C=O) groups excluding carboxylic acids is 1. The summed E-state index contributed by atoms with van der Waals surface area (Å²) in [5.41, 5.74) is 0.801. The maximum absolute atomic E-state index is 12.9. The molecule has 6 heteroatoms. The molecule has 0 radical (unpaired) electrons. The molecule has 0 fully saturated rings. The second-order valence-electron chi connectivity index (χ2n) is 5.90. The minimum atomic E-state index is -0.162. The first-order chi connectivity index (χ1) is 11.6. The standard InChI is InChI=1S/C18H22N2O3S/c1-4-9-20(18(21)17-12(2)19-13(3)24-17)10-14-11-22-15-7-5-6-8-16(15)23-14/h5-8,14H,4,9-11H2,1-3H3. The van der Waals surface area contributed by atoms with E-state index in [4.69, 9.17) is 9.47 Å². The molecule has 1 aromatic carbocycles. The Bertz CT molecular complexity index is 729. The summed E-state index contributed by atoms with van der Waals surface area (Å²) in [6, 6.07) is 7.63. The van der Waals surface area contributed by atoms with Crippen molar-refractivity contribution >= 4 is 17.2 Å². The average molecular weight is 346 g/mol. The summed E-state index contributed by atoms with van der Waals surface area (Å²) in [4.78, 5) is 19.8. The number of thiazole rings is 1. The number of hydrogen-bond donors (Lipinski definition) is 0. The molecule has 1 aliphatic rings. The molecule has 2 heterocycles. The van der Waals surface area contributed by atoms with Gasteiger partial charge in [0.15, 0.2) is 17.6 Å². The molecule has 2 aromatic rings. The van der Waals surface area contributed by atoms with Crippen LogP contribution in [0.3, 0.4) is 0 Å². The van der Waals surface area contributed by atoms with Gasteiger partial charge in [0.1, 0.15) is 11.5 Å². The Morgan fingerprint density at radius 3 is 2.75 bits per heavy atom. The fourth-order valence-corrected chi connectivity index (χ4v) is 3.71. The second-order valence-corrected chi connectivity index (χ2v) is 7.10. The van der Waals surface area contributed by atoms with Crippen LogP contribution in [-0.2, 0) is 0 Å². The van der Waals surface area contributed by atoms with E-state index in [-0.39, 0.29) is 12.0 Å². The van der Waals surface area contributed by atoms with Gasteiger partial charge in [0.05, 0.1) is 17.2 Å². The van der Waals surface area contributed by atoms with Crippen molar-refractivity contribution in [3.8, 4) is 11.5 Å². The topological polar surface area (TPSA) is 51.7 Å². The first-order valence-electron chi connectivity index (χ1n) is 8.20. The molecule has 24 heavy (non-hydrogen) atoms. The first kappa shape index (κ1) is 16.8. The van der Waals surface area contributed by atoms with Crippen molar-refractivity contribution in [2.45, 2.75) is 33.3 Å². The van der Waals surface area contributed by atoms with Crippen LogP contribution >= 0.6 is 11.3 Å². The van der Waals surface area contributed by atoms with Crippen LogP contribution in [0.5, 0.6) is 11.5 Å². The predicted molar refractivity (Wildman–Crippen MR) is 94.1 cm³/mol. The van der Waals surface area contributed by atoms with Crippen molar-refractivity contribution in [2.75, 3.05) is 19.7 Å². The molecule has 1 amide bonds. The van der Waals surface area contributed by atoms with Gasteiger partial charge >= 0.3 is 0 Å². The Morgan fingerprint density at radius 2 is 2.08 bits per heavy atom. The van der Waals surface area contributed by atoms with Crippen LogP contribution < -0.4 is 9.47 Å². The minimum Gasteiger partial charge on any atom is -0.486 e. The molecule has 1 atom stereocenters. The van der Waals surface area contributed by atoms with E-state index < -0.39 is 0 Å². The Kier molecular flexibility index (Phi) is 5.04. The van der Waals surface area contributed by atoms with Crippen molar-refractivity contribution < 1.29 is 14.3 Å². The van der Waals surface area contributed by atoms with Crippen molar-refractivity contribution in [1.82, 2.24) is 9.88 Å². The number of aromatic nitrogens is 1. The average Bonchev–Trinajstić information content (AvgIpc) is 2.92. The number of hydrogen-bond acceptors (Lipinski definition) is 5. The SMILES string of the molecule is CCCN(CC1COc2ccccc2O1)C(=O)c1sc(C)nc1C. The molecule has 0 N–H and O–H groups in total. The highest BCUT2D eigenvalue weighted by Crippen LogP contribution is 2.31. The van der Waals surface area contributed by atoms with Gasteiger partial charge in [-0.1, -0.05) is 19.1 Å². The summed E-state index contributed by atoms with van der Waals surface area (Å²) in [7, 11) is 0. The van der Waals surface area contributed by atoms with Gasteiger partial charge < -0.3 is 14.4 Å². The Morgan fingerprint density at radius 1 is 1.33 bits per heavy atom. The van der Waals surface area contributed by atoms with Crippen LogP contribution in [0, 0.1) is 13.8 Å². The number of aryl methyl sites for hydroxylation is 2. The summed E-state index contributed by atoms with van der Waals surface area (Å²) in [5, 5.41) is 0.915. The Balaban J connectivity index is 1.73. The van der Waals surface area contributed by atoms with Gasteiger partial charge in [-0.25, -0.2) is 4.98 Å². The summed E-state index contributed by atoms with van der Waals surface area (Å²) in [6.07, 6.45) is 0.733. The van der Waals surface area contributed by atoms with Crippen molar-refractivity contribution in [2.24, 2.45) is 0 Å². The third-order valence-electron chi connectivity index (χ3n) is 3.87. The number of fused-ring (bicyclic) bond motifs is 1. The van der Waals surface area contributed by atoms with Gasteiger partial charge in [0.2, 0.25) is 0 Å². The van der Waals surface area contributed by atoms with E-state index in [1.807, 2.05) is 43.0 Å². The van der Waals surface area contributed by atoms with Crippen LogP contribution in [0.1, 0.15) is 33.7 Å². The summed E-state index contributed by atoms with van der Waals surface area (Å²) in [5.74, 6) is 1.53. The molecule has 0 spiro atoms. The zero-order chi connectivity index (χ0) is 17.1. The van der Waals surface area contributed by atoms with Crippen molar-refractivity contribution in [3.05, 3.63) is 39.8 Å². The largest absolute Gasteiger partial charge is 0.486 e. The molecule has 128 valence electrons. The monoisotopic (exact) mass is 346 g/mol. The lowest BCUT2D eigenvalue weighted by molar-refractivity contribution is 0.0465. The van der Waals surface area contributed by atoms with E-state index in [0.717, 1.165) is 33.5 Å². The molecule has 0 saturated heterocycles. The summed E-state index contributed by atoms with van der Waals surface area (Å²) in [6.45, 7) is 7.53. The number of ether oxygens (including phenoxy) is 2. The zero-order valence-electron chi connectivity index (χ0n) is 14.2. The smallest absolute Gasteiger partial charge is 0.265 e. The molecule has 1 unspecified atom stereocenters. The van der Waals surface area contributed by atoms with E-state index in [1.54, 1.807) is 0 Å². The fraction of sp³-hybridized carbons (Fsp3) is 0.444. The Labute approximate surface area is 146 Å². The highest BCUT2D eigenvalue weighted by Gasteiger charge is 2.27. The minimum absolute atomic E-state index is 0.0300. The van der Waals surface area contributed by atoms with Gasteiger partial charge in [-0.15, -0.1) is 11.3 Å². The lowest BCUT2D eigenvalue weighted by Gasteiger charge is -2.31. The number of rotatable bonds is 5. The van der Waals surface area contributed by atoms with Crippen LogP contribution in [0.25, 0.3) is 0 Å². The van der Waals surface area contributed by atoms with Crippen LogP contribution in [0.15, 0.2) is 24.3 Å². The van der Waals surface area contributed by atoms with Crippen LogP contribution in [-0.4, -0.2) is 41.6 Å². The highest BCUT2D eigenvalue weighted by molar-refractivity contribution is 7.13. The maximum atomic E-state index is 12.9. The second kappa shape index (κ2) is 7.21. The lowest BCUT2D eigenvalue weighted by Crippen LogP contribution is -2.44.